The van der Waals surface area contributed by atoms with Crippen molar-refractivity contribution in [3.05, 3.63) is 17.0 Å². The summed E-state index contributed by atoms with van der Waals surface area (Å²) in [6, 6.07) is 0. The maximum Gasteiger partial charge on any atom is 0.194 e. The zero-order chi connectivity index (χ0) is 12.5. The number of halogens is 1. The average Bonchev–Trinajstić information content (AvgIpc) is 2.90. The van der Waals surface area contributed by atoms with Crippen LogP contribution >= 0.6 is 24.0 Å². The van der Waals surface area contributed by atoms with Crippen LogP contribution in [0.4, 0.5) is 0 Å². The van der Waals surface area contributed by atoms with Gasteiger partial charge in [0.2, 0.25) is 0 Å². The molecule has 0 fully saturated rings. The summed E-state index contributed by atoms with van der Waals surface area (Å²) in [5.41, 5.74) is 4.10. The number of hydrogen-bond acceptors (Lipinski definition) is 4. The fourth-order valence-corrected chi connectivity index (χ4v) is 2.85. The highest BCUT2D eigenvalue weighted by atomic mass is 127. The highest BCUT2D eigenvalue weighted by molar-refractivity contribution is 14.0. The number of fused-ring (bicyclic) bond motifs is 1. The molecule has 0 aromatic carbocycles. The number of hydrogen-bond donors (Lipinski definition) is 1. The molecule has 1 aromatic rings. The van der Waals surface area contributed by atoms with Crippen molar-refractivity contribution in [3.8, 4) is 0 Å². The van der Waals surface area contributed by atoms with E-state index in [0.29, 0.717) is 0 Å². The van der Waals surface area contributed by atoms with E-state index in [2.05, 4.69) is 34.4 Å². The average molecular weight is 375 g/mol. The zero-order valence-electron chi connectivity index (χ0n) is 11.6. The highest BCUT2D eigenvalue weighted by Crippen LogP contribution is 2.23. The third-order valence-corrected chi connectivity index (χ3v) is 3.92. The predicted octanol–water partition coefficient (Wildman–Crippen LogP) is 1.31. The number of rotatable bonds is 2. The first-order valence-corrected chi connectivity index (χ1v) is 6.79. The van der Waals surface area contributed by atoms with Crippen molar-refractivity contribution in [3.63, 3.8) is 0 Å². The van der Waals surface area contributed by atoms with Crippen LogP contribution in [0.2, 0.25) is 0 Å². The number of aryl methyl sites for hydroxylation is 2. The van der Waals surface area contributed by atoms with Crippen molar-refractivity contribution in [2.75, 3.05) is 20.1 Å². The van der Waals surface area contributed by atoms with Gasteiger partial charge in [0.1, 0.15) is 0 Å². The normalized spacial score (nSPS) is 17.8. The van der Waals surface area contributed by atoms with Gasteiger partial charge in [0.15, 0.2) is 5.96 Å². The maximum absolute atomic E-state index is 4.64. The Hall–Kier alpha value is -0.790. The van der Waals surface area contributed by atoms with E-state index >= 15 is 0 Å². The molecule has 1 aliphatic carbocycles. The Bertz CT molecular complexity index is 480. The van der Waals surface area contributed by atoms with Crippen LogP contribution in [0.1, 0.15) is 29.8 Å². The molecule has 1 aromatic heterocycles. The minimum Gasteiger partial charge on any atom is -0.351 e. The summed E-state index contributed by atoms with van der Waals surface area (Å²) >= 11 is 0. The molecule has 6 heteroatoms. The molecule has 19 heavy (non-hydrogen) atoms. The molecule has 5 nitrogen and oxygen atoms in total. The molecular formula is C13H22IN5. The molecule has 2 aliphatic rings. The topological polar surface area (TPSA) is 45.4 Å². The predicted molar refractivity (Wildman–Crippen MR) is 87.0 cm³/mol. The Morgan fingerprint density at radius 3 is 2.74 bits per heavy atom. The molecule has 2 heterocycles. The summed E-state index contributed by atoms with van der Waals surface area (Å²) in [6.07, 6.45) is 4.91. The van der Waals surface area contributed by atoms with Gasteiger partial charge in [-0.25, -0.2) is 0 Å². The Labute approximate surface area is 131 Å². The van der Waals surface area contributed by atoms with Crippen LogP contribution in [-0.2, 0) is 26.4 Å². The van der Waals surface area contributed by atoms with Crippen LogP contribution in [0.15, 0.2) is 4.99 Å². The lowest BCUT2D eigenvalue weighted by Gasteiger charge is -2.16. The fraction of sp³-hybridized carbons (Fsp3) is 0.692. The third-order valence-electron chi connectivity index (χ3n) is 3.92. The van der Waals surface area contributed by atoms with Crippen molar-refractivity contribution in [1.82, 2.24) is 20.0 Å². The summed E-state index contributed by atoms with van der Waals surface area (Å²) in [5.74, 6) is 1.01. The largest absolute Gasteiger partial charge is 0.351 e. The van der Waals surface area contributed by atoms with Gasteiger partial charge in [-0.1, -0.05) is 0 Å². The minimum atomic E-state index is 0. The van der Waals surface area contributed by atoms with Gasteiger partial charge in [-0.2, -0.15) is 5.10 Å². The Morgan fingerprint density at radius 1 is 1.21 bits per heavy atom. The summed E-state index contributed by atoms with van der Waals surface area (Å²) < 4.78 is 2.04. The van der Waals surface area contributed by atoms with E-state index < -0.39 is 0 Å². The van der Waals surface area contributed by atoms with Gasteiger partial charge in [0, 0.05) is 20.6 Å². The summed E-state index contributed by atoms with van der Waals surface area (Å²) in [7, 11) is 4.13. The molecular weight excluding hydrogens is 353 g/mol. The number of nitrogens with zero attached hydrogens (tertiary/aromatic N) is 4. The van der Waals surface area contributed by atoms with Gasteiger partial charge in [-0.05, 0) is 31.2 Å². The van der Waals surface area contributed by atoms with Gasteiger partial charge < -0.3 is 10.2 Å². The quantitative estimate of drug-likeness (QED) is 0.793. The Balaban J connectivity index is 0.00000133. The van der Waals surface area contributed by atoms with E-state index in [9.17, 15) is 0 Å². The smallest absolute Gasteiger partial charge is 0.194 e. The summed E-state index contributed by atoms with van der Waals surface area (Å²) in [4.78, 5) is 6.63. The molecule has 0 amide bonds. The molecule has 0 saturated carbocycles. The fourth-order valence-electron chi connectivity index (χ4n) is 2.85. The van der Waals surface area contributed by atoms with Crippen LogP contribution in [0.25, 0.3) is 0 Å². The Morgan fingerprint density at radius 2 is 2.00 bits per heavy atom. The second-order valence-electron chi connectivity index (χ2n) is 5.18. The van der Waals surface area contributed by atoms with Crippen LogP contribution in [0, 0.1) is 0 Å². The lowest BCUT2D eigenvalue weighted by molar-refractivity contribution is 0.530. The minimum absolute atomic E-state index is 0. The van der Waals surface area contributed by atoms with Gasteiger partial charge in [-0.3, -0.25) is 9.67 Å². The monoisotopic (exact) mass is 375 g/mol. The van der Waals surface area contributed by atoms with E-state index in [0.717, 1.165) is 32.0 Å². The molecule has 1 N–H and O–H groups in total. The van der Waals surface area contributed by atoms with Crippen LogP contribution in [0.3, 0.4) is 0 Å². The molecule has 0 bridgehead atoms. The van der Waals surface area contributed by atoms with Crippen molar-refractivity contribution in [1.29, 1.82) is 0 Å². The standard InChI is InChI=1S/C13H21N5.HI/c1-17-8-7-14-13(17)15-9-12-10-5-3-4-6-11(10)16-18(12)2;/h3-9H2,1-2H3,(H,14,15);1H. The van der Waals surface area contributed by atoms with Gasteiger partial charge in [0.05, 0.1) is 24.5 Å². The molecule has 0 atom stereocenters. The van der Waals surface area contributed by atoms with E-state index in [4.69, 9.17) is 0 Å². The van der Waals surface area contributed by atoms with Gasteiger partial charge >= 0.3 is 0 Å². The first-order valence-electron chi connectivity index (χ1n) is 6.79. The molecule has 0 saturated heterocycles. The van der Waals surface area contributed by atoms with Crippen LogP contribution in [-0.4, -0.2) is 40.8 Å². The van der Waals surface area contributed by atoms with E-state index in [1.807, 2.05) is 4.68 Å². The first-order chi connectivity index (χ1) is 8.75. The van der Waals surface area contributed by atoms with E-state index in [1.165, 1.54) is 36.2 Å². The number of aliphatic imine (C=N–C) groups is 1. The van der Waals surface area contributed by atoms with E-state index in [1.54, 1.807) is 0 Å². The number of nitrogens with one attached hydrogen (secondary N) is 1. The van der Waals surface area contributed by atoms with Crippen molar-refractivity contribution in [2.45, 2.75) is 32.2 Å². The van der Waals surface area contributed by atoms with Crippen LogP contribution < -0.4 is 5.32 Å². The van der Waals surface area contributed by atoms with Crippen LogP contribution in [0.5, 0.6) is 0 Å². The molecule has 0 radical (unpaired) electrons. The molecule has 0 spiro atoms. The number of guanidine groups is 1. The zero-order valence-corrected chi connectivity index (χ0v) is 14.0. The third kappa shape index (κ3) is 2.88. The number of aromatic nitrogens is 2. The summed E-state index contributed by atoms with van der Waals surface area (Å²) in [5, 5.41) is 8.08. The maximum atomic E-state index is 4.64. The van der Waals surface area contributed by atoms with Crippen molar-refractivity contribution >= 4 is 29.9 Å². The van der Waals surface area contributed by atoms with Crippen molar-refractivity contribution in [2.24, 2.45) is 12.0 Å². The second-order valence-corrected chi connectivity index (χ2v) is 5.18. The van der Waals surface area contributed by atoms with E-state index in [-0.39, 0.29) is 24.0 Å². The van der Waals surface area contributed by atoms with Crippen molar-refractivity contribution < 1.29 is 0 Å². The molecule has 106 valence electrons. The second kappa shape index (κ2) is 6.11. The summed E-state index contributed by atoms with van der Waals surface area (Å²) in [6.45, 7) is 2.76. The van der Waals surface area contributed by atoms with Gasteiger partial charge in [0.25, 0.3) is 0 Å². The Kier molecular flexibility index (Phi) is 4.70. The molecule has 0 unspecified atom stereocenters. The van der Waals surface area contributed by atoms with Gasteiger partial charge in [-0.15, -0.1) is 24.0 Å². The number of likely N-dealkylation sites (N-methyl/N-ethyl adjacent to an activating group) is 1. The lowest BCUT2D eigenvalue weighted by Crippen LogP contribution is -2.35. The molecule has 3 rings (SSSR count). The lowest BCUT2D eigenvalue weighted by atomic mass is 9.96. The molecule has 1 aliphatic heterocycles. The highest BCUT2D eigenvalue weighted by Gasteiger charge is 2.20. The SMILES string of the molecule is CN1CCN=C1NCc1c2c(nn1C)CCCC2.I. The first kappa shape index (κ1) is 14.6.